The van der Waals surface area contributed by atoms with Crippen LogP contribution >= 0.6 is 0 Å². The van der Waals surface area contributed by atoms with E-state index in [9.17, 15) is 9.59 Å². The summed E-state index contributed by atoms with van der Waals surface area (Å²) in [5, 5.41) is 4.19. The Morgan fingerprint density at radius 2 is 2.17 bits per heavy atom. The fraction of sp³-hybridized carbons (Fsp3) is 0.444. The number of H-pyrrole nitrogens is 1. The van der Waals surface area contributed by atoms with Crippen LogP contribution in [0.3, 0.4) is 0 Å². The number of hydrogen-bond acceptors (Lipinski definition) is 2. The first-order valence-electron chi connectivity index (χ1n) is 8.58. The molecule has 1 aliphatic heterocycles. The van der Waals surface area contributed by atoms with Crippen LogP contribution in [0.25, 0.3) is 10.9 Å². The minimum absolute atomic E-state index is 0.0370. The van der Waals surface area contributed by atoms with Crippen LogP contribution in [-0.2, 0) is 16.0 Å². The fourth-order valence-electron chi connectivity index (χ4n) is 3.52. The Balaban J connectivity index is 1.45. The highest BCUT2D eigenvalue weighted by Gasteiger charge is 2.28. The van der Waals surface area contributed by atoms with Gasteiger partial charge in [0.2, 0.25) is 5.91 Å². The van der Waals surface area contributed by atoms with E-state index in [1.807, 2.05) is 24.4 Å². The van der Waals surface area contributed by atoms with E-state index in [1.165, 1.54) is 10.9 Å². The Labute approximate surface area is 141 Å². The predicted molar refractivity (Wildman–Crippen MR) is 92.5 cm³/mol. The molecule has 24 heavy (non-hydrogen) atoms. The van der Waals surface area contributed by atoms with Gasteiger partial charge in [0.25, 0.3) is 5.91 Å². The zero-order valence-electron chi connectivity index (χ0n) is 13.8. The second-order valence-corrected chi connectivity index (χ2v) is 6.58. The average Bonchev–Trinajstić information content (AvgIpc) is 2.98. The number of nitrogens with one attached hydrogen (secondary N) is 3. The molecule has 2 heterocycles. The third-order valence-electron chi connectivity index (χ3n) is 4.82. The fourth-order valence-corrected chi connectivity index (χ4v) is 3.52. The van der Waals surface area contributed by atoms with Gasteiger partial charge in [-0.15, -0.1) is 0 Å². The number of carbonyl (C=O) groups is 2. The number of fused-ring (bicyclic) bond motifs is 1. The first-order valence-corrected chi connectivity index (χ1v) is 8.58. The van der Waals surface area contributed by atoms with Crippen LogP contribution < -0.4 is 16.0 Å². The van der Waals surface area contributed by atoms with E-state index in [0.29, 0.717) is 19.6 Å². The summed E-state index contributed by atoms with van der Waals surface area (Å²) >= 11 is 0. The standard InChI is InChI=1S/C18H24N4O2/c19-18(24)14-4-3-9-22(11-14)12-17(23)20-8-7-13-10-21-16-6-2-1-5-15(13)16/h1-2,5-6,10,14,21H,3-4,7-9,11-12H2,(H2,19,24)(H,20,23)/p+1/t14-/m1/s1. The number of aromatic nitrogens is 1. The van der Waals surface area contributed by atoms with Crippen LogP contribution in [0.15, 0.2) is 30.5 Å². The second-order valence-electron chi connectivity index (χ2n) is 6.58. The van der Waals surface area contributed by atoms with Crippen molar-refractivity contribution in [3.05, 3.63) is 36.0 Å². The van der Waals surface area contributed by atoms with E-state index in [0.717, 1.165) is 36.2 Å². The Morgan fingerprint density at radius 1 is 1.33 bits per heavy atom. The molecular weight excluding hydrogens is 304 g/mol. The summed E-state index contributed by atoms with van der Waals surface area (Å²) in [5.74, 6) is -0.297. The summed E-state index contributed by atoms with van der Waals surface area (Å²) < 4.78 is 0. The summed E-state index contributed by atoms with van der Waals surface area (Å²) in [6.45, 7) is 2.63. The van der Waals surface area contributed by atoms with Crippen LogP contribution in [0.5, 0.6) is 0 Å². The quantitative estimate of drug-likeness (QED) is 0.581. The first-order chi connectivity index (χ1) is 11.6. The van der Waals surface area contributed by atoms with Crippen LogP contribution in [0.1, 0.15) is 18.4 Å². The van der Waals surface area contributed by atoms with Gasteiger partial charge in [-0.05, 0) is 30.9 Å². The molecule has 0 radical (unpaired) electrons. The monoisotopic (exact) mass is 329 g/mol. The van der Waals surface area contributed by atoms with Crippen LogP contribution in [0.4, 0.5) is 0 Å². The third-order valence-corrected chi connectivity index (χ3v) is 4.82. The zero-order valence-corrected chi connectivity index (χ0v) is 13.8. The summed E-state index contributed by atoms with van der Waals surface area (Å²) in [6.07, 6.45) is 4.60. The van der Waals surface area contributed by atoms with Gasteiger partial charge in [0, 0.05) is 23.6 Å². The normalized spacial score (nSPS) is 20.8. The predicted octanol–water partition coefficient (Wildman–Crippen LogP) is -0.393. The van der Waals surface area contributed by atoms with Gasteiger partial charge in [-0.3, -0.25) is 9.59 Å². The molecule has 5 N–H and O–H groups in total. The lowest BCUT2D eigenvalue weighted by molar-refractivity contribution is -0.899. The maximum absolute atomic E-state index is 12.1. The van der Waals surface area contributed by atoms with Crippen LogP contribution in [0.2, 0.25) is 0 Å². The highest BCUT2D eigenvalue weighted by atomic mass is 16.2. The van der Waals surface area contributed by atoms with E-state index in [-0.39, 0.29) is 17.7 Å². The van der Waals surface area contributed by atoms with E-state index < -0.39 is 0 Å². The molecule has 0 spiro atoms. The van der Waals surface area contributed by atoms with E-state index in [2.05, 4.69) is 16.4 Å². The van der Waals surface area contributed by atoms with E-state index in [4.69, 9.17) is 5.73 Å². The van der Waals surface area contributed by atoms with Crippen molar-refractivity contribution >= 4 is 22.7 Å². The SMILES string of the molecule is NC(=O)[C@@H]1CCC[NH+](CC(=O)NCCc2c[nH]c3ccccc23)C1. The van der Waals surface area contributed by atoms with Crippen molar-refractivity contribution in [3.8, 4) is 0 Å². The van der Waals surface area contributed by atoms with Crippen molar-refractivity contribution in [1.82, 2.24) is 10.3 Å². The molecule has 6 heteroatoms. The van der Waals surface area contributed by atoms with Crippen molar-refractivity contribution in [2.45, 2.75) is 19.3 Å². The lowest BCUT2D eigenvalue weighted by atomic mass is 9.97. The number of likely N-dealkylation sites (tertiary alicyclic amines) is 1. The molecule has 0 bridgehead atoms. The maximum atomic E-state index is 12.1. The molecule has 6 nitrogen and oxygen atoms in total. The number of para-hydroxylation sites is 1. The largest absolute Gasteiger partial charge is 0.369 e. The Hall–Kier alpha value is -2.34. The van der Waals surface area contributed by atoms with Crippen molar-refractivity contribution in [2.24, 2.45) is 11.7 Å². The molecule has 1 aromatic carbocycles. The molecule has 2 amide bonds. The molecule has 1 saturated heterocycles. The van der Waals surface area contributed by atoms with Gasteiger partial charge in [-0.25, -0.2) is 0 Å². The number of benzene rings is 1. The number of amides is 2. The molecule has 2 atom stereocenters. The van der Waals surface area contributed by atoms with E-state index in [1.54, 1.807) is 0 Å². The van der Waals surface area contributed by atoms with Gasteiger partial charge in [0.1, 0.15) is 0 Å². The highest BCUT2D eigenvalue weighted by Crippen LogP contribution is 2.17. The number of hydrogen-bond donors (Lipinski definition) is 4. The molecule has 1 aliphatic rings. The molecular formula is C18H25N4O2+. The number of nitrogens with two attached hydrogens (primary N) is 1. The minimum Gasteiger partial charge on any atom is -0.369 e. The van der Waals surface area contributed by atoms with E-state index >= 15 is 0 Å². The summed E-state index contributed by atoms with van der Waals surface area (Å²) in [7, 11) is 0. The molecule has 1 unspecified atom stereocenters. The van der Waals surface area contributed by atoms with Gasteiger partial charge in [-0.1, -0.05) is 18.2 Å². The Morgan fingerprint density at radius 3 is 3.00 bits per heavy atom. The first kappa shape index (κ1) is 16.5. The Kier molecular flexibility index (Phi) is 5.15. The highest BCUT2D eigenvalue weighted by molar-refractivity contribution is 5.83. The average molecular weight is 329 g/mol. The van der Waals surface area contributed by atoms with Gasteiger partial charge in [0.15, 0.2) is 6.54 Å². The van der Waals surface area contributed by atoms with Crippen molar-refractivity contribution < 1.29 is 14.5 Å². The smallest absolute Gasteiger partial charge is 0.275 e. The third kappa shape index (κ3) is 3.94. The molecule has 2 aromatic rings. The minimum atomic E-state index is -0.244. The van der Waals surface area contributed by atoms with Crippen molar-refractivity contribution in [1.29, 1.82) is 0 Å². The molecule has 0 saturated carbocycles. The molecule has 1 fully saturated rings. The summed E-state index contributed by atoms with van der Waals surface area (Å²) in [4.78, 5) is 27.8. The number of quaternary nitrogens is 1. The topological polar surface area (TPSA) is 92.4 Å². The van der Waals surface area contributed by atoms with Gasteiger partial charge in [-0.2, -0.15) is 0 Å². The zero-order chi connectivity index (χ0) is 16.9. The molecule has 0 aliphatic carbocycles. The lowest BCUT2D eigenvalue weighted by Crippen LogP contribution is -3.15. The molecule has 1 aromatic heterocycles. The Bertz CT molecular complexity index is 725. The van der Waals surface area contributed by atoms with Crippen LogP contribution in [0, 0.1) is 5.92 Å². The number of aromatic amines is 1. The van der Waals surface area contributed by atoms with Gasteiger partial charge in [0.05, 0.1) is 19.0 Å². The van der Waals surface area contributed by atoms with Crippen molar-refractivity contribution in [3.63, 3.8) is 0 Å². The maximum Gasteiger partial charge on any atom is 0.275 e. The number of rotatable bonds is 6. The van der Waals surface area contributed by atoms with Crippen molar-refractivity contribution in [2.75, 3.05) is 26.2 Å². The molecule has 128 valence electrons. The summed E-state index contributed by atoms with van der Waals surface area (Å²) in [5.41, 5.74) is 7.72. The van der Waals surface area contributed by atoms with Crippen LogP contribution in [-0.4, -0.2) is 43.0 Å². The van der Waals surface area contributed by atoms with Gasteiger partial charge >= 0.3 is 0 Å². The number of piperidine rings is 1. The summed E-state index contributed by atoms with van der Waals surface area (Å²) in [6, 6.07) is 8.16. The van der Waals surface area contributed by atoms with Gasteiger partial charge < -0.3 is 20.9 Å². The number of carbonyl (C=O) groups excluding carboxylic acids is 2. The molecule has 3 rings (SSSR count). The number of primary amides is 1. The second kappa shape index (κ2) is 7.49. The lowest BCUT2D eigenvalue weighted by Gasteiger charge is -2.27.